The molecule has 0 aromatic carbocycles. The predicted octanol–water partition coefficient (Wildman–Crippen LogP) is 7.67. The summed E-state index contributed by atoms with van der Waals surface area (Å²) in [4.78, 5) is 11.9. The van der Waals surface area contributed by atoms with Crippen LogP contribution in [0.1, 0.15) is 126 Å². The van der Waals surface area contributed by atoms with Crippen LogP contribution in [-0.2, 0) is 9.53 Å². The Kier molecular flexibility index (Phi) is 8.08. The van der Waals surface area contributed by atoms with Gasteiger partial charge >= 0.3 is 5.97 Å². The first kappa shape index (κ1) is 29.1. The van der Waals surface area contributed by atoms with Gasteiger partial charge in [-0.25, -0.2) is 0 Å². The number of allylic oxidation sites excluding steroid dienone is 1. The van der Waals surface area contributed by atoms with E-state index in [-0.39, 0.29) is 33.7 Å². The van der Waals surface area contributed by atoms with Gasteiger partial charge in [0.25, 0.3) is 0 Å². The highest BCUT2D eigenvalue weighted by atomic mass is 16.5. The van der Waals surface area contributed by atoms with E-state index < -0.39 is 6.29 Å². The van der Waals surface area contributed by atoms with Crippen molar-refractivity contribution in [1.82, 2.24) is 0 Å². The number of esters is 1. The maximum Gasteiger partial charge on any atom is 0.302 e. The van der Waals surface area contributed by atoms with Crippen LogP contribution in [0.5, 0.6) is 0 Å². The van der Waals surface area contributed by atoms with Crippen LogP contribution < -0.4 is 0 Å². The highest BCUT2D eigenvalue weighted by Crippen LogP contribution is 2.74. The van der Waals surface area contributed by atoms with Crippen molar-refractivity contribution in [3.63, 3.8) is 0 Å². The summed E-state index contributed by atoms with van der Waals surface area (Å²) < 4.78 is 5.90. The molecular formula is C33H56O4. The minimum Gasteiger partial charge on any atom is -0.462 e. The first-order chi connectivity index (χ1) is 17.2. The summed E-state index contributed by atoms with van der Waals surface area (Å²) in [6.07, 6.45) is 12.2. The third kappa shape index (κ3) is 4.75. The second-order valence-corrected chi connectivity index (χ2v) is 15.0. The summed E-state index contributed by atoms with van der Waals surface area (Å²) in [6.45, 7) is 20.7. The largest absolute Gasteiger partial charge is 0.462 e. The van der Waals surface area contributed by atoms with Crippen LogP contribution in [0.2, 0.25) is 0 Å². The van der Waals surface area contributed by atoms with Crippen molar-refractivity contribution < 1.29 is 19.7 Å². The van der Waals surface area contributed by atoms with Crippen molar-refractivity contribution in [2.24, 2.45) is 51.2 Å². The van der Waals surface area contributed by atoms with Crippen LogP contribution >= 0.6 is 0 Å². The van der Waals surface area contributed by atoms with Crippen LogP contribution in [0.15, 0.2) is 12.2 Å². The van der Waals surface area contributed by atoms with Gasteiger partial charge in [0.2, 0.25) is 0 Å². The average Bonchev–Trinajstić information content (AvgIpc) is 3.26. The Morgan fingerprint density at radius 1 is 0.946 bits per heavy atom. The molecule has 0 amide bonds. The lowest BCUT2D eigenvalue weighted by molar-refractivity contribution is -0.236. The standard InChI is InChI=1S/C33H56O4/c1-21(2)23-11-9-12-24(23)25-14-15-27-31(6)19-17-28(37-22(3)34)30(4,5)26(31)16-20-33(27,8)32(25,7)18-10-13-29(35)36/h23-29,35-36H,1,9-20H2,2-8H3/t23-,24-,25?,26-,27+,28+,31?,32+,33+/m0/s1. The fraction of sp³-hybridized carbons (Fsp3) is 0.909. The van der Waals surface area contributed by atoms with E-state index >= 15 is 0 Å². The van der Waals surface area contributed by atoms with E-state index in [1.807, 2.05) is 0 Å². The fourth-order valence-corrected chi connectivity index (χ4v) is 11.3. The zero-order valence-electron chi connectivity index (χ0n) is 24.9. The number of ether oxygens (including phenoxy) is 1. The van der Waals surface area contributed by atoms with Gasteiger partial charge in [-0.3, -0.25) is 4.79 Å². The average molecular weight is 517 g/mol. The Balaban J connectivity index is 1.70. The fourth-order valence-electron chi connectivity index (χ4n) is 11.3. The summed E-state index contributed by atoms with van der Waals surface area (Å²) in [5, 5.41) is 19.4. The van der Waals surface area contributed by atoms with Gasteiger partial charge in [0.1, 0.15) is 6.10 Å². The predicted molar refractivity (Wildman–Crippen MR) is 150 cm³/mol. The van der Waals surface area contributed by atoms with E-state index in [0.717, 1.165) is 25.7 Å². The molecule has 0 radical (unpaired) electrons. The van der Waals surface area contributed by atoms with E-state index in [1.165, 1.54) is 50.5 Å². The Morgan fingerprint density at radius 3 is 2.27 bits per heavy atom. The molecule has 4 saturated carbocycles. The highest BCUT2D eigenvalue weighted by molar-refractivity contribution is 5.66. The van der Waals surface area contributed by atoms with Crippen LogP contribution in [0.4, 0.5) is 0 Å². The second-order valence-electron chi connectivity index (χ2n) is 15.0. The minimum atomic E-state index is -1.21. The Labute approximate surface area is 227 Å². The molecule has 2 unspecified atom stereocenters. The molecule has 0 spiro atoms. The summed E-state index contributed by atoms with van der Waals surface area (Å²) in [5.41, 5.74) is 1.96. The van der Waals surface area contributed by atoms with Crippen LogP contribution in [0, 0.1) is 51.2 Å². The molecule has 4 heteroatoms. The van der Waals surface area contributed by atoms with Gasteiger partial charge in [-0.1, -0.05) is 53.2 Å². The van der Waals surface area contributed by atoms with E-state index in [9.17, 15) is 15.0 Å². The van der Waals surface area contributed by atoms with Gasteiger partial charge in [-0.15, -0.1) is 0 Å². The lowest BCUT2D eigenvalue weighted by Crippen LogP contribution is -2.65. The molecule has 37 heavy (non-hydrogen) atoms. The number of rotatable bonds is 7. The Bertz CT molecular complexity index is 862. The number of carbonyl (C=O) groups is 1. The van der Waals surface area contributed by atoms with E-state index in [0.29, 0.717) is 36.0 Å². The molecule has 4 aliphatic carbocycles. The van der Waals surface area contributed by atoms with Gasteiger partial charge in [0.15, 0.2) is 6.29 Å². The van der Waals surface area contributed by atoms with E-state index in [4.69, 9.17) is 4.74 Å². The minimum absolute atomic E-state index is 0.0102. The van der Waals surface area contributed by atoms with Crippen LogP contribution in [-0.4, -0.2) is 28.6 Å². The molecule has 4 fully saturated rings. The number of fused-ring (bicyclic) bond motifs is 3. The SMILES string of the molecule is C=C(C)[C@@H]1CCC[C@@H]1C1CC[C@@H]2C3(C)CC[C@@H](OC(C)=O)C(C)(C)[C@@H]3CC[C@@]2(C)[C@]1(C)CCCC(O)O. The number of aliphatic hydroxyl groups excluding tert-OH is 1. The molecule has 4 aliphatic rings. The molecular weight excluding hydrogens is 460 g/mol. The first-order valence-electron chi connectivity index (χ1n) is 15.4. The van der Waals surface area contributed by atoms with Gasteiger partial charge in [-0.05, 0) is 123 Å². The zero-order valence-corrected chi connectivity index (χ0v) is 24.9. The Hall–Kier alpha value is -0.870. The smallest absolute Gasteiger partial charge is 0.302 e. The lowest BCUT2D eigenvalue weighted by Gasteiger charge is -2.71. The monoisotopic (exact) mass is 516 g/mol. The molecule has 0 aromatic heterocycles. The molecule has 0 heterocycles. The van der Waals surface area contributed by atoms with Crippen LogP contribution in [0.25, 0.3) is 0 Å². The molecule has 0 aromatic rings. The van der Waals surface area contributed by atoms with Gasteiger partial charge < -0.3 is 14.9 Å². The van der Waals surface area contributed by atoms with Gasteiger partial charge in [0.05, 0.1) is 0 Å². The van der Waals surface area contributed by atoms with E-state index in [2.05, 4.69) is 48.1 Å². The molecule has 9 atom stereocenters. The Morgan fingerprint density at radius 2 is 1.65 bits per heavy atom. The molecule has 2 N–H and O–H groups in total. The first-order valence-corrected chi connectivity index (χ1v) is 15.4. The third-order valence-electron chi connectivity index (χ3n) is 13.1. The third-order valence-corrected chi connectivity index (χ3v) is 13.1. The van der Waals surface area contributed by atoms with Crippen molar-refractivity contribution >= 4 is 5.97 Å². The summed E-state index contributed by atoms with van der Waals surface area (Å²) in [7, 11) is 0. The summed E-state index contributed by atoms with van der Waals surface area (Å²) in [6, 6.07) is 0. The quantitative estimate of drug-likeness (QED) is 0.207. The molecule has 0 saturated heterocycles. The van der Waals surface area contributed by atoms with Crippen molar-refractivity contribution in [2.45, 2.75) is 138 Å². The summed E-state index contributed by atoms with van der Waals surface area (Å²) >= 11 is 0. The lowest BCUT2D eigenvalue weighted by atomic mass is 9.34. The van der Waals surface area contributed by atoms with E-state index in [1.54, 1.807) is 6.92 Å². The topological polar surface area (TPSA) is 66.8 Å². The number of carbonyl (C=O) groups excluding carboxylic acids is 1. The van der Waals surface area contributed by atoms with Gasteiger partial charge in [-0.2, -0.15) is 0 Å². The normalized spacial score (nSPS) is 45.2. The second kappa shape index (κ2) is 10.3. The molecule has 0 aliphatic heterocycles. The zero-order chi connectivity index (χ0) is 27.4. The molecule has 4 rings (SSSR count). The maximum absolute atomic E-state index is 11.9. The van der Waals surface area contributed by atoms with Crippen molar-refractivity contribution in [3.8, 4) is 0 Å². The number of aliphatic hydroxyl groups is 2. The van der Waals surface area contributed by atoms with Crippen molar-refractivity contribution in [3.05, 3.63) is 12.2 Å². The summed E-state index contributed by atoms with van der Waals surface area (Å²) in [5.74, 6) is 3.05. The number of hydrogen-bond donors (Lipinski definition) is 2. The molecule has 212 valence electrons. The molecule has 4 nitrogen and oxygen atoms in total. The van der Waals surface area contributed by atoms with Gasteiger partial charge in [0, 0.05) is 12.3 Å². The van der Waals surface area contributed by atoms with Crippen molar-refractivity contribution in [1.29, 1.82) is 0 Å². The van der Waals surface area contributed by atoms with Crippen LogP contribution in [0.3, 0.4) is 0 Å². The molecule has 0 bridgehead atoms. The number of hydrogen-bond acceptors (Lipinski definition) is 4. The maximum atomic E-state index is 11.9. The van der Waals surface area contributed by atoms with Crippen molar-refractivity contribution in [2.75, 3.05) is 0 Å². The highest BCUT2D eigenvalue weighted by Gasteiger charge is 2.67.